The molecule has 1 aromatic carbocycles. The first-order valence-electron chi connectivity index (χ1n) is 5.93. The highest BCUT2D eigenvalue weighted by atomic mass is 32.2. The first-order valence-corrected chi connectivity index (χ1v) is 6.98. The van der Waals surface area contributed by atoms with Crippen LogP contribution in [0.15, 0.2) is 24.3 Å². The lowest BCUT2D eigenvalue weighted by Gasteiger charge is -2.22. The third-order valence-electron chi connectivity index (χ3n) is 3.33. The van der Waals surface area contributed by atoms with Crippen LogP contribution in [0.2, 0.25) is 0 Å². The first-order chi connectivity index (χ1) is 7.81. The molecule has 0 amide bonds. The van der Waals surface area contributed by atoms with Crippen molar-refractivity contribution in [3.05, 3.63) is 35.4 Å². The fourth-order valence-corrected chi connectivity index (χ4v) is 3.67. The van der Waals surface area contributed by atoms with Crippen LogP contribution in [-0.2, 0) is 6.42 Å². The smallest absolute Gasteiger partial charge is 0.0369 e. The molecule has 88 valence electrons. The Morgan fingerprint density at radius 2 is 2.31 bits per heavy atom. The van der Waals surface area contributed by atoms with Gasteiger partial charge in [0.2, 0.25) is 0 Å². The third-order valence-corrected chi connectivity index (χ3v) is 4.85. The maximum atomic E-state index is 5.69. The van der Waals surface area contributed by atoms with Gasteiger partial charge < -0.3 is 0 Å². The quantitative estimate of drug-likeness (QED) is 0.622. The van der Waals surface area contributed by atoms with E-state index in [1.165, 1.54) is 29.7 Å². The average Bonchev–Trinajstić information content (AvgIpc) is 2.81. The highest BCUT2D eigenvalue weighted by Crippen LogP contribution is 2.30. The van der Waals surface area contributed by atoms with Gasteiger partial charge >= 0.3 is 0 Å². The molecule has 0 bridgehead atoms. The molecule has 3 N–H and O–H groups in total. The van der Waals surface area contributed by atoms with E-state index < -0.39 is 0 Å². The van der Waals surface area contributed by atoms with Crippen LogP contribution in [0.3, 0.4) is 0 Å². The minimum Gasteiger partial charge on any atom is -0.271 e. The fourth-order valence-electron chi connectivity index (χ4n) is 2.29. The molecule has 2 atom stereocenters. The molecule has 1 aromatic rings. The third kappa shape index (κ3) is 2.78. The molecular weight excluding hydrogens is 216 g/mol. The van der Waals surface area contributed by atoms with Crippen LogP contribution in [0.25, 0.3) is 0 Å². The van der Waals surface area contributed by atoms with Gasteiger partial charge in [0.1, 0.15) is 0 Å². The molecule has 1 fully saturated rings. The van der Waals surface area contributed by atoms with Gasteiger partial charge in [0.15, 0.2) is 0 Å². The molecule has 0 spiro atoms. The van der Waals surface area contributed by atoms with E-state index in [2.05, 4.69) is 48.4 Å². The minimum atomic E-state index is 0.411. The summed E-state index contributed by atoms with van der Waals surface area (Å²) in [6, 6.07) is 8.99. The van der Waals surface area contributed by atoms with Crippen molar-refractivity contribution in [2.24, 2.45) is 5.84 Å². The van der Waals surface area contributed by atoms with E-state index in [0.29, 0.717) is 11.3 Å². The van der Waals surface area contributed by atoms with Crippen molar-refractivity contribution >= 4 is 11.8 Å². The van der Waals surface area contributed by atoms with Gasteiger partial charge in [-0.2, -0.15) is 11.8 Å². The summed E-state index contributed by atoms with van der Waals surface area (Å²) in [7, 11) is 0. The van der Waals surface area contributed by atoms with Gasteiger partial charge in [-0.25, -0.2) is 0 Å². The van der Waals surface area contributed by atoms with Gasteiger partial charge in [0.25, 0.3) is 0 Å². The molecule has 1 heterocycles. The standard InChI is InChI=1S/C13H20N2S/c1-10-5-2-3-6-11(10)9-12(15-14)13-7-4-8-16-13/h2-3,5-6,12-13,15H,4,7-9,14H2,1H3. The van der Waals surface area contributed by atoms with Crippen molar-refractivity contribution in [3.8, 4) is 0 Å². The highest BCUT2D eigenvalue weighted by molar-refractivity contribution is 8.00. The Labute approximate surface area is 102 Å². The SMILES string of the molecule is Cc1ccccc1CC(NN)C1CCCS1. The average molecular weight is 236 g/mol. The number of thioether (sulfide) groups is 1. The molecule has 2 rings (SSSR count). The first kappa shape index (κ1) is 12.0. The van der Waals surface area contributed by atoms with E-state index in [4.69, 9.17) is 5.84 Å². The molecule has 1 aliphatic heterocycles. The molecular formula is C13H20N2S. The van der Waals surface area contributed by atoms with Crippen molar-refractivity contribution in [3.63, 3.8) is 0 Å². The largest absolute Gasteiger partial charge is 0.271 e. The van der Waals surface area contributed by atoms with E-state index in [-0.39, 0.29) is 0 Å². The Balaban J connectivity index is 2.03. The zero-order valence-corrected chi connectivity index (χ0v) is 10.6. The normalized spacial score (nSPS) is 22.2. The molecule has 0 radical (unpaired) electrons. The van der Waals surface area contributed by atoms with E-state index in [0.717, 1.165) is 6.42 Å². The molecule has 1 saturated heterocycles. The topological polar surface area (TPSA) is 38.0 Å². The van der Waals surface area contributed by atoms with Crippen LogP contribution in [0.5, 0.6) is 0 Å². The van der Waals surface area contributed by atoms with Gasteiger partial charge in [-0.15, -0.1) is 0 Å². The Morgan fingerprint density at radius 3 is 2.94 bits per heavy atom. The number of nitrogens with two attached hydrogens (primary N) is 1. The number of hydrazine groups is 1. The summed E-state index contributed by atoms with van der Waals surface area (Å²) in [5, 5.41) is 0.685. The van der Waals surface area contributed by atoms with Crippen molar-refractivity contribution in [2.45, 2.75) is 37.5 Å². The summed E-state index contributed by atoms with van der Waals surface area (Å²) in [5.74, 6) is 6.98. The highest BCUT2D eigenvalue weighted by Gasteiger charge is 2.25. The summed E-state index contributed by atoms with van der Waals surface area (Å²) in [6.45, 7) is 2.17. The molecule has 2 nitrogen and oxygen atoms in total. The zero-order valence-electron chi connectivity index (χ0n) is 9.78. The van der Waals surface area contributed by atoms with Crippen molar-refractivity contribution < 1.29 is 0 Å². The monoisotopic (exact) mass is 236 g/mol. The number of aryl methyl sites for hydroxylation is 1. The van der Waals surface area contributed by atoms with Crippen molar-refractivity contribution in [2.75, 3.05) is 5.75 Å². The Bertz CT molecular complexity index is 334. The molecule has 0 aliphatic carbocycles. The van der Waals surface area contributed by atoms with Crippen molar-refractivity contribution in [1.29, 1.82) is 0 Å². The number of nitrogens with one attached hydrogen (secondary N) is 1. The van der Waals surface area contributed by atoms with Crippen molar-refractivity contribution in [1.82, 2.24) is 5.43 Å². The number of hydrogen-bond acceptors (Lipinski definition) is 3. The van der Waals surface area contributed by atoms with E-state index in [1.54, 1.807) is 0 Å². The molecule has 1 aliphatic rings. The van der Waals surface area contributed by atoms with Crippen LogP contribution < -0.4 is 11.3 Å². The van der Waals surface area contributed by atoms with Crippen LogP contribution in [0, 0.1) is 6.92 Å². The summed E-state index contributed by atoms with van der Waals surface area (Å²) in [6.07, 6.45) is 3.67. The minimum absolute atomic E-state index is 0.411. The number of rotatable bonds is 4. The predicted molar refractivity (Wildman–Crippen MR) is 71.5 cm³/mol. The van der Waals surface area contributed by atoms with E-state index >= 15 is 0 Å². The maximum absolute atomic E-state index is 5.69. The fraction of sp³-hybridized carbons (Fsp3) is 0.538. The number of hydrogen-bond donors (Lipinski definition) is 2. The molecule has 0 aromatic heterocycles. The molecule has 3 heteroatoms. The van der Waals surface area contributed by atoms with Gasteiger partial charge in [-0.3, -0.25) is 11.3 Å². The van der Waals surface area contributed by atoms with Gasteiger partial charge in [-0.1, -0.05) is 24.3 Å². The van der Waals surface area contributed by atoms with Crippen LogP contribution in [0.1, 0.15) is 24.0 Å². The lowest BCUT2D eigenvalue weighted by Crippen LogP contribution is -2.43. The Morgan fingerprint density at radius 1 is 1.50 bits per heavy atom. The van der Waals surface area contributed by atoms with E-state index in [1.807, 2.05) is 0 Å². The summed E-state index contributed by atoms with van der Waals surface area (Å²) < 4.78 is 0. The zero-order chi connectivity index (χ0) is 11.4. The van der Waals surface area contributed by atoms with E-state index in [9.17, 15) is 0 Å². The van der Waals surface area contributed by atoms with Gasteiger partial charge in [0, 0.05) is 11.3 Å². The predicted octanol–water partition coefficient (Wildman–Crippen LogP) is 2.27. The summed E-state index contributed by atoms with van der Waals surface area (Å²) >= 11 is 2.06. The lowest BCUT2D eigenvalue weighted by atomic mass is 9.98. The summed E-state index contributed by atoms with van der Waals surface area (Å²) in [4.78, 5) is 0. The lowest BCUT2D eigenvalue weighted by molar-refractivity contribution is 0.495. The Hall–Kier alpha value is -0.510. The van der Waals surface area contributed by atoms with Gasteiger partial charge in [-0.05, 0) is 43.1 Å². The number of benzene rings is 1. The van der Waals surface area contributed by atoms with Crippen LogP contribution in [-0.4, -0.2) is 17.0 Å². The summed E-state index contributed by atoms with van der Waals surface area (Å²) in [5.41, 5.74) is 5.78. The second-order valence-electron chi connectivity index (χ2n) is 4.46. The van der Waals surface area contributed by atoms with Gasteiger partial charge in [0.05, 0.1) is 0 Å². The second-order valence-corrected chi connectivity index (χ2v) is 5.80. The molecule has 2 unspecified atom stereocenters. The molecule has 0 saturated carbocycles. The van der Waals surface area contributed by atoms with Crippen LogP contribution >= 0.6 is 11.8 Å². The van der Waals surface area contributed by atoms with Crippen LogP contribution in [0.4, 0.5) is 0 Å². The maximum Gasteiger partial charge on any atom is 0.0369 e. The molecule has 16 heavy (non-hydrogen) atoms. The Kier molecular flexibility index (Phi) is 4.27. The second kappa shape index (κ2) is 5.71.